The molecule has 4 heteroatoms. The fourth-order valence-corrected chi connectivity index (χ4v) is 0.973. The molecule has 2 N–H and O–H groups in total. The lowest BCUT2D eigenvalue weighted by Gasteiger charge is -1.96. The van der Waals surface area contributed by atoms with Crippen molar-refractivity contribution in [2.45, 2.75) is 0 Å². The van der Waals surface area contributed by atoms with Crippen LogP contribution in [0.4, 0.5) is 5.69 Å². The minimum absolute atomic E-state index is 0.823. The van der Waals surface area contributed by atoms with Crippen molar-refractivity contribution in [1.82, 2.24) is 15.2 Å². The first-order valence-corrected chi connectivity index (χ1v) is 3.37. The SMILES string of the molecule is CNc1cnc2[nH]ncc2c1. The molecule has 0 fully saturated rings. The van der Waals surface area contributed by atoms with Crippen LogP contribution < -0.4 is 5.32 Å². The number of aromatic nitrogens is 3. The molecule has 0 aliphatic rings. The zero-order chi connectivity index (χ0) is 7.68. The highest BCUT2D eigenvalue weighted by Crippen LogP contribution is 2.12. The van der Waals surface area contributed by atoms with Crippen molar-refractivity contribution in [2.24, 2.45) is 0 Å². The van der Waals surface area contributed by atoms with E-state index in [1.165, 1.54) is 0 Å². The summed E-state index contributed by atoms with van der Waals surface area (Å²) in [6.07, 6.45) is 3.52. The smallest absolute Gasteiger partial charge is 0.155 e. The quantitative estimate of drug-likeness (QED) is 0.634. The predicted octanol–water partition coefficient (Wildman–Crippen LogP) is 1.000. The Morgan fingerprint density at radius 3 is 3.18 bits per heavy atom. The molecule has 0 aromatic carbocycles. The Morgan fingerprint density at radius 2 is 2.36 bits per heavy atom. The monoisotopic (exact) mass is 148 g/mol. The van der Waals surface area contributed by atoms with Crippen LogP contribution in [0.5, 0.6) is 0 Å². The van der Waals surface area contributed by atoms with Gasteiger partial charge in [-0.2, -0.15) is 5.10 Å². The number of pyridine rings is 1. The summed E-state index contributed by atoms with van der Waals surface area (Å²) in [6.45, 7) is 0. The normalized spacial score (nSPS) is 10.3. The van der Waals surface area contributed by atoms with E-state index in [-0.39, 0.29) is 0 Å². The van der Waals surface area contributed by atoms with E-state index in [1.807, 2.05) is 13.1 Å². The summed E-state index contributed by atoms with van der Waals surface area (Å²) in [4.78, 5) is 4.13. The Kier molecular flexibility index (Phi) is 1.25. The second-order valence-corrected chi connectivity index (χ2v) is 2.28. The van der Waals surface area contributed by atoms with Crippen molar-refractivity contribution < 1.29 is 0 Å². The van der Waals surface area contributed by atoms with E-state index in [1.54, 1.807) is 12.4 Å². The summed E-state index contributed by atoms with van der Waals surface area (Å²) in [5, 5.41) is 10.7. The lowest BCUT2D eigenvalue weighted by Crippen LogP contribution is -1.88. The van der Waals surface area contributed by atoms with Crippen LogP contribution in [0.3, 0.4) is 0 Å². The van der Waals surface area contributed by atoms with Crippen molar-refractivity contribution in [3.8, 4) is 0 Å². The molecule has 0 atom stereocenters. The van der Waals surface area contributed by atoms with Crippen molar-refractivity contribution in [1.29, 1.82) is 0 Å². The van der Waals surface area contributed by atoms with Crippen molar-refractivity contribution in [3.63, 3.8) is 0 Å². The molecule has 4 nitrogen and oxygen atoms in total. The third-order valence-corrected chi connectivity index (χ3v) is 1.58. The van der Waals surface area contributed by atoms with Crippen LogP contribution in [0.1, 0.15) is 0 Å². The van der Waals surface area contributed by atoms with Crippen LogP contribution >= 0.6 is 0 Å². The van der Waals surface area contributed by atoms with Gasteiger partial charge in [-0.3, -0.25) is 5.10 Å². The van der Waals surface area contributed by atoms with Crippen molar-refractivity contribution >= 4 is 16.7 Å². The zero-order valence-corrected chi connectivity index (χ0v) is 6.13. The zero-order valence-electron chi connectivity index (χ0n) is 6.13. The lowest BCUT2D eigenvalue weighted by molar-refractivity contribution is 1.10. The highest BCUT2D eigenvalue weighted by atomic mass is 15.1. The molecule has 0 bridgehead atoms. The fourth-order valence-electron chi connectivity index (χ4n) is 0.973. The highest BCUT2D eigenvalue weighted by Gasteiger charge is 1.95. The topological polar surface area (TPSA) is 53.6 Å². The number of aromatic amines is 1. The summed E-state index contributed by atoms with van der Waals surface area (Å²) >= 11 is 0. The fraction of sp³-hybridized carbons (Fsp3) is 0.143. The van der Waals surface area contributed by atoms with Gasteiger partial charge in [-0.15, -0.1) is 0 Å². The molecular weight excluding hydrogens is 140 g/mol. The Morgan fingerprint density at radius 1 is 1.45 bits per heavy atom. The van der Waals surface area contributed by atoms with Gasteiger partial charge in [0.25, 0.3) is 0 Å². The molecule has 0 spiro atoms. The molecule has 2 aromatic heterocycles. The van der Waals surface area contributed by atoms with E-state index >= 15 is 0 Å². The van der Waals surface area contributed by atoms with Gasteiger partial charge in [-0.1, -0.05) is 0 Å². The van der Waals surface area contributed by atoms with Crippen molar-refractivity contribution in [3.05, 3.63) is 18.5 Å². The van der Waals surface area contributed by atoms with Crippen molar-refractivity contribution in [2.75, 3.05) is 12.4 Å². The number of hydrogen-bond donors (Lipinski definition) is 2. The van der Waals surface area contributed by atoms with Gasteiger partial charge in [0.2, 0.25) is 0 Å². The molecule has 0 saturated heterocycles. The van der Waals surface area contributed by atoms with E-state index in [2.05, 4.69) is 20.5 Å². The molecular formula is C7H8N4. The van der Waals surface area contributed by atoms with E-state index in [4.69, 9.17) is 0 Å². The van der Waals surface area contributed by atoms with E-state index in [0.717, 1.165) is 16.7 Å². The average Bonchev–Trinajstić information content (AvgIpc) is 2.50. The van der Waals surface area contributed by atoms with Crippen LogP contribution in [0, 0.1) is 0 Å². The summed E-state index contributed by atoms with van der Waals surface area (Å²) in [6, 6.07) is 1.99. The molecule has 0 saturated carbocycles. The van der Waals surface area contributed by atoms with Gasteiger partial charge in [-0.05, 0) is 6.07 Å². The summed E-state index contributed by atoms with van der Waals surface area (Å²) in [5.41, 5.74) is 1.82. The molecule has 2 heterocycles. The highest BCUT2D eigenvalue weighted by molar-refractivity contribution is 5.77. The van der Waals surface area contributed by atoms with Gasteiger partial charge < -0.3 is 5.32 Å². The standard InChI is InChI=1S/C7H8N4/c1-8-6-2-5-3-10-11-7(5)9-4-6/h2-4,8H,1H3,(H,9,10,11). The Labute approximate surface area is 63.6 Å². The number of H-pyrrole nitrogens is 1. The number of fused-ring (bicyclic) bond motifs is 1. The van der Waals surface area contributed by atoms with Gasteiger partial charge >= 0.3 is 0 Å². The average molecular weight is 148 g/mol. The third kappa shape index (κ3) is 0.920. The molecule has 56 valence electrons. The second kappa shape index (κ2) is 2.23. The van der Waals surface area contributed by atoms with Crippen LogP contribution in [0.2, 0.25) is 0 Å². The maximum Gasteiger partial charge on any atom is 0.155 e. The minimum atomic E-state index is 0.823. The molecule has 0 aliphatic carbocycles. The minimum Gasteiger partial charge on any atom is -0.387 e. The first-order chi connectivity index (χ1) is 5.40. The summed E-state index contributed by atoms with van der Waals surface area (Å²) < 4.78 is 0. The summed E-state index contributed by atoms with van der Waals surface area (Å²) in [5.74, 6) is 0. The van der Waals surface area contributed by atoms with E-state index in [0.29, 0.717) is 0 Å². The Bertz CT molecular complexity index is 365. The van der Waals surface area contributed by atoms with E-state index < -0.39 is 0 Å². The predicted molar refractivity (Wildman–Crippen MR) is 43.4 cm³/mol. The molecule has 0 unspecified atom stereocenters. The molecule has 2 aromatic rings. The number of rotatable bonds is 1. The second-order valence-electron chi connectivity index (χ2n) is 2.28. The van der Waals surface area contributed by atoms with Crippen LogP contribution in [0.25, 0.3) is 11.0 Å². The number of anilines is 1. The number of nitrogens with zero attached hydrogens (tertiary/aromatic N) is 2. The van der Waals surface area contributed by atoms with Gasteiger partial charge in [0, 0.05) is 12.4 Å². The molecule has 0 radical (unpaired) electrons. The van der Waals surface area contributed by atoms with Crippen LogP contribution in [0.15, 0.2) is 18.5 Å². The maximum absolute atomic E-state index is 4.13. The largest absolute Gasteiger partial charge is 0.387 e. The molecule has 0 amide bonds. The van der Waals surface area contributed by atoms with Gasteiger partial charge in [0.05, 0.1) is 18.1 Å². The maximum atomic E-state index is 4.13. The van der Waals surface area contributed by atoms with Gasteiger partial charge in [0.15, 0.2) is 5.65 Å². The molecule has 2 rings (SSSR count). The third-order valence-electron chi connectivity index (χ3n) is 1.58. The number of hydrogen-bond acceptors (Lipinski definition) is 3. The first-order valence-electron chi connectivity index (χ1n) is 3.37. The number of nitrogens with one attached hydrogen (secondary N) is 2. The Hall–Kier alpha value is -1.58. The first kappa shape index (κ1) is 6.15. The van der Waals surface area contributed by atoms with Crippen LogP contribution in [-0.2, 0) is 0 Å². The molecule has 0 aliphatic heterocycles. The lowest BCUT2D eigenvalue weighted by atomic mass is 10.3. The van der Waals surface area contributed by atoms with Gasteiger partial charge in [0.1, 0.15) is 0 Å². The van der Waals surface area contributed by atoms with Gasteiger partial charge in [-0.25, -0.2) is 4.98 Å². The van der Waals surface area contributed by atoms with E-state index in [9.17, 15) is 0 Å². The molecule has 11 heavy (non-hydrogen) atoms. The Balaban J connectivity index is 2.67. The van der Waals surface area contributed by atoms with Crippen LogP contribution in [-0.4, -0.2) is 22.2 Å². The summed E-state index contributed by atoms with van der Waals surface area (Å²) in [7, 11) is 1.86.